The van der Waals surface area contributed by atoms with Crippen LogP contribution in [-0.2, 0) is 16.0 Å². The smallest absolute Gasteiger partial charge is 0.227 e. The molecule has 4 rings (SSSR count). The molecule has 0 aliphatic carbocycles. The zero-order chi connectivity index (χ0) is 19.0. The van der Waals surface area contributed by atoms with Crippen LogP contribution in [-0.4, -0.2) is 45.2 Å². The van der Waals surface area contributed by atoms with Crippen LogP contribution in [0.5, 0.6) is 0 Å². The fourth-order valence-corrected chi connectivity index (χ4v) is 4.35. The maximum absolute atomic E-state index is 12.7. The number of carbonyl (C=O) groups is 1. The van der Waals surface area contributed by atoms with Gasteiger partial charge in [-0.15, -0.1) is 0 Å². The van der Waals surface area contributed by atoms with Crippen LogP contribution in [0.25, 0.3) is 0 Å². The van der Waals surface area contributed by atoms with Gasteiger partial charge in [0.15, 0.2) is 0 Å². The Morgan fingerprint density at radius 1 is 1.22 bits per heavy atom. The lowest BCUT2D eigenvalue weighted by Crippen LogP contribution is -2.40. The van der Waals surface area contributed by atoms with Gasteiger partial charge in [-0.2, -0.15) is 0 Å². The van der Waals surface area contributed by atoms with Gasteiger partial charge >= 0.3 is 0 Å². The maximum Gasteiger partial charge on any atom is 0.227 e. The van der Waals surface area contributed by atoms with E-state index in [0.29, 0.717) is 12.5 Å². The van der Waals surface area contributed by atoms with Gasteiger partial charge in [-0.3, -0.25) is 4.79 Å². The molecule has 0 radical (unpaired) electrons. The van der Waals surface area contributed by atoms with Gasteiger partial charge in [0.05, 0.1) is 12.1 Å². The Balaban J connectivity index is 1.41. The van der Waals surface area contributed by atoms with E-state index >= 15 is 0 Å². The third-order valence-electron chi connectivity index (χ3n) is 5.92. The van der Waals surface area contributed by atoms with Gasteiger partial charge in [0, 0.05) is 43.2 Å². The maximum atomic E-state index is 12.7. The van der Waals surface area contributed by atoms with Gasteiger partial charge < -0.3 is 18.7 Å². The number of ether oxygens (including phenoxy) is 1. The van der Waals surface area contributed by atoms with E-state index < -0.39 is 0 Å². The van der Waals surface area contributed by atoms with Gasteiger partial charge in [-0.1, -0.05) is 5.16 Å². The Hall–Kier alpha value is -2.15. The highest BCUT2D eigenvalue weighted by atomic mass is 16.5. The van der Waals surface area contributed by atoms with E-state index in [0.717, 1.165) is 68.2 Å². The summed E-state index contributed by atoms with van der Waals surface area (Å²) in [7, 11) is 0. The van der Waals surface area contributed by atoms with Crippen molar-refractivity contribution in [3.63, 3.8) is 0 Å². The number of piperidine rings is 1. The SMILES string of the molecule is Cc1noc(C)c1CC(=O)N1CCC(n2c(C)cnc2C2CCCO2)CC1. The Kier molecular flexibility index (Phi) is 5.04. The van der Waals surface area contributed by atoms with Gasteiger partial charge in [0.2, 0.25) is 5.91 Å². The van der Waals surface area contributed by atoms with Gasteiger partial charge in [0.1, 0.15) is 17.7 Å². The van der Waals surface area contributed by atoms with E-state index in [9.17, 15) is 4.79 Å². The molecule has 4 heterocycles. The molecule has 0 bridgehead atoms. The minimum Gasteiger partial charge on any atom is -0.370 e. The molecule has 7 nitrogen and oxygen atoms in total. The Labute approximate surface area is 159 Å². The summed E-state index contributed by atoms with van der Waals surface area (Å²) in [6, 6.07) is 0.384. The van der Waals surface area contributed by atoms with Crippen LogP contribution in [0.1, 0.15) is 66.4 Å². The van der Waals surface area contributed by atoms with E-state index in [-0.39, 0.29) is 12.0 Å². The molecule has 0 saturated carbocycles. The third kappa shape index (κ3) is 3.52. The van der Waals surface area contributed by atoms with Crippen LogP contribution >= 0.6 is 0 Å². The molecule has 1 unspecified atom stereocenters. The molecule has 7 heteroatoms. The molecule has 0 aromatic carbocycles. The summed E-state index contributed by atoms with van der Waals surface area (Å²) in [6.45, 7) is 8.24. The van der Waals surface area contributed by atoms with Crippen molar-refractivity contribution in [3.05, 3.63) is 34.7 Å². The highest BCUT2D eigenvalue weighted by Gasteiger charge is 2.30. The lowest BCUT2D eigenvalue weighted by atomic mass is 10.0. The molecule has 2 fully saturated rings. The van der Waals surface area contributed by atoms with E-state index in [1.165, 1.54) is 5.69 Å². The number of amides is 1. The predicted molar refractivity (Wildman–Crippen MR) is 99.4 cm³/mol. The van der Waals surface area contributed by atoms with Crippen LogP contribution in [0.3, 0.4) is 0 Å². The van der Waals surface area contributed by atoms with E-state index in [4.69, 9.17) is 9.26 Å². The van der Waals surface area contributed by atoms with Crippen molar-refractivity contribution in [2.75, 3.05) is 19.7 Å². The molecule has 1 amide bonds. The Morgan fingerprint density at radius 3 is 2.63 bits per heavy atom. The minimum absolute atomic E-state index is 0.123. The first-order valence-electron chi connectivity index (χ1n) is 9.89. The Bertz CT molecular complexity index is 792. The number of aromatic nitrogens is 3. The van der Waals surface area contributed by atoms with E-state index in [2.05, 4.69) is 21.6 Å². The summed E-state index contributed by atoms with van der Waals surface area (Å²) in [4.78, 5) is 19.3. The number of carbonyl (C=O) groups excluding carboxylic acids is 1. The molecule has 1 atom stereocenters. The first kappa shape index (κ1) is 18.2. The molecule has 2 aliphatic heterocycles. The van der Waals surface area contributed by atoms with Crippen LogP contribution in [0.15, 0.2) is 10.7 Å². The summed E-state index contributed by atoms with van der Waals surface area (Å²) >= 11 is 0. The lowest BCUT2D eigenvalue weighted by molar-refractivity contribution is -0.131. The fourth-order valence-electron chi connectivity index (χ4n) is 4.35. The van der Waals surface area contributed by atoms with Crippen LogP contribution in [0, 0.1) is 20.8 Å². The molecule has 2 aliphatic rings. The molecule has 2 aromatic heterocycles. The number of likely N-dealkylation sites (tertiary alicyclic amines) is 1. The number of hydrogen-bond acceptors (Lipinski definition) is 5. The zero-order valence-corrected chi connectivity index (χ0v) is 16.4. The summed E-state index contributed by atoms with van der Waals surface area (Å²) in [5, 5.41) is 3.95. The summed E-state index contributed by atoms with van der Waals surface area (Å²) in [5.41, 5.74) is 2.92. The van der Waals surface area contributed by atoms with Crippen molar-refractivity contribution in [2.24, 2.45) is 0 Å². The Morgan fingerprint density at radius 2 is 2.00 bits per heavy atom. The van der Waals surface area contributed by atoms with Crippen molar-refractivity contribution >= 4 is 5.91 Å². The fraction of sp³-hybridized carbons (Fsp3) is 0.650. The van der Waals surface area contributed by atoms with E-state index in [1.807, 2.05) is 24.9 Å². The topological polar surface area (TPSA) is 73.4 Å². The zero-order valence-electron chi connectivity index (χ0n) is 16.4. The number of imidazole rings is 1. The second-order valence-corrected chi connectivity index (χ2v) is 7.72. The molecule has 146 valence electrons. The highest BCUT2D eigenvalue weighted by Crippen LogP contribution is 2.33. The summed E-state index contributed by atoms with van der Waals surface area (Å²) in [5.74, 6) is 1.96. The molecule has 2 saturated heterocycles. The number of aryl methyl sites for hydroxylation is 3. The number of rotatable bonds is 4. The molecule has 0 spiro atoms. The third-order valence-corrected chi connectivity index (χ3v) is 5.92. The van der Waals surface area contributed by atoms with Crippen molar-refractivity contribution in [1.29, 1.82) is 0 Å². The quantitative estimate of drug-likeness (QED) is 0.825. The highest BCUT2D eigenvalue weighted by molar-refractivity contribution is 5.79. The second-order valence-electron chi connectivity index (χ2n) is 7.72. The average Bonchev–Trinajstić information content (AvgIpc) is 3.39. The number of nitrogens with zero attached hydrogens (tertiary/aromatic N) is 4. The summed E-state index contributed by atoms with van der Waals surface area (Å²) in [6.07, 6.45) is 6.49. The molecular formula is C20H28N4O3. The second kappa shape index (κ2) is 7.46. The van der Waals surface area contributed by atoms with Crippen molar-refractivity contribution < 1.29 is 14.1 Å². The van der Waals surface area contributed by atoms with Crippen molar-refractivity contribution in [3.8, 4) is 0 Å². The minimum atomic E-state index is 0.123. The average molecular weight is 372 g/mol. The van der Waals surface area contributed by atoms with E-state index in [1.54, 1.807) is 0 Å². The van der Waals surface area contributed by atoms with Crippen LogP contribution in [0.4, 0.5) is 0 Å². The molecule has 27 heavy (non-hydrogen) atoms. The van der Waals surface area contributed by atoms with Gasteiger partial charge in [-0.25, -0.2) is 4.98 Å². The predicted octanol–water partition coefficient (Wildman–Crippen LogP) is 3.05. The van der Waals surface area contributed by atoms with Crippen LogP contribution in [0.2, 0.25) is 0 Å². The molecule has 2 aromatic rings. The molecular weight excluding hydrogens is 344 g/mol. The first-order valence-corrected chi connectivity index (χ1v) is 9.89. The van der Waals surface area contributed by atoms with Gasteiger partial charge in [0.25, 0.3) is 0 Å². The standard InChI is InChI=1S/C20H28N4O3/c1-13-12-21-20(18-5-4-10-26-18)24(13)16-6-8-23(9-7-16)19(25)11-17-14(2)22-27-15(17)3/h12,16,18H,4-11H2,1-3H3. The normalized spacial score (nSPS) is 21.1. The molecule has 0 N–H and O–H groups in total. The van der Waals surface area contributed by atoms with Crippen LogP contribution < -0.4 is 0 Å². The largest absolute Gasteiger partial charge is 0.370 e. The summed E-state index contributed by atoms with van der Waals surface area (Å²) < 4.78 is 13.4. The lowest BCUT2D eigenvalue weighted by Gasteiger charge is -2.34. The number of hydrogen-bond donors (Lipinski definition) is 0. The van der Waals surface area contributed by atoms with Gasteiger partial charge in [-0.05, 0) is 46.5 Å². The van der Waals surface area contributed by atoms with Crippen molar-refractivity contribution in [2.45, 2.75) is 65.0 Å². The van der Waals surface area contributed by atoms with Crippen molar-refractivity contribution in [1.82, 2.24) is 19.6 Å². The monoisotopic (exact) mass is 372 g/mol. The first-order chi connectivity index (χ1) is 13.0.